The molecule has 1 fully saturated rings. The molecule has 1 atom stereocenters. The SMILES string of the molecule is CCCNc1cc(N2CCCC2CNC)ncn1. The normalized spacial score (nSPS) is 19.2. The fourth-order valence-electron chi connectivity index (χ4n) is 2.44. The van der Waals surface area contributed by atoms with Crippen molar-refractivity contribution in [2.75, 3.05) is 36.9 Å². The highest BCUT2D eigenvalue weighted by atomic mass is 15.2. The number of anilines is 2. The highest BCUT2D eigenvalue weighted by Crippen LogP contribution is 2.24. The van der Waals surface area contributed by atoms with Crippen LogP contribution in [-0.4, -0.2) is 42.7 Å². The zero-order valence-electron chi connectivity index (χ0n) is 11.3. The van der Waals surface area contributed by atoms with Crippen LogP contribution in [0, 0.1) is 0 Å². The standard InChI is InChI=1S/C13H23N5/c1-3-6-15-12-8-13(17-10-16-12)18-7-4-5-11(18)9-14-2/h8,10-11,14H,3-7,9H2,1-2H3,(H,15,16,17). The van der Waals surface area contributed by atoms with Crippen LogP contribution < -0.4 is 15.5 Å². The first kappa shape index (κ1) is 13.1. The molecule has 1 aliphatic rings. The van der Waals surface area contributed by atoms with Crippen LogP contribution in [0.25, 0.3) is 0 Å². The van der Waals surface area contributed by atoms with Gasteiger partial charge in [0.1, 0.15) is 18.0 Å². The van der Waals surface area contributed by atoms with Crippen LogP contribution in [0.3, 0.4) is 0 Å². The Hall–Kier alpha value is -1.36. The first-order valence-corrected chi connectivity index (χ1v) is 6.82. The summed E-state index contributed by atoms with van der Waals surface area (Å²) in [4.78, 5) is 11.0. The second-order valence-corrected chi connectivity index (χ2v) is 4.74. The van der Waals surface area contributed by atoms with Crippen molar-refractivity contribution >= 4 is 11.6 Å². The Labute approximate surface area is 109 Å². The van der Waals surface area contributed by atoms with E-state index in [1.54, 1.807) is 6.33 Å². The van der Waals surface area contributed by atoms with Gasteiger partial charge in [0.2, 0.25) is 0 Å². The van der Waals surface area contributed by atoms with Crippen LogP contribution in [0.4, 0.5) is 11.6 Å². The second-order valence-electron chi connectivity index (χ2n) is 4.74. The summed E-state index contributed by atoms with van der Waals surface area (Å²) in [7, 11) is 2.00. The van der Waals surface area contributed by atoms with E-state index in [2.05, 4.69) is 38.5 Å². The molecule has 100 valence electrons. The van der Waals surface area contributed by atoms with Crippen molar-refractivity contribution in [1.29, 1.82) is 0 Å². The van der Waals surface area contributed by atoms with E-state index in [1.165, 1.54) is 12.8 Å². The molecular weight excluding hydrogens is 226 g/mol. The van der Waals surface area contributed by atoms with Gasteiger partial charge in [0.25, 0.3) is 0 Å². The molecule has 2 N–H and O–H groups in total. The van der Waals surface area contributed by atoms with Gasteiger partial charge in [-0.15, -0.1) is 0 Å². The van der Waals surface area contributed by atoms with Crippen LogP contribution in [0.1, 0.15) is 26.2 Å². The zero-order valence-corrected chi connectivity index (χ0v) is 11.3. The van der Waals surface area contributed by atoms with Gasteiger partial charge < -0.3 is 15.5 Å². The summed E-state index contributed by atoms with van der Waals surface area (Å²) >= 11 is 0. The minimum Gasteiger partial charge on any atom is -0.370 e. The lowest BCUT2D eigenvalue weighted by Gasteiger charge is -2.25. The van der Waals surface area contributed by atoms with Crippen LogP contribution in [-0.2, 0) is 0 Å². The largest absolute Gasteiger partial charge is 0.370 e. The van der Waals surface area contributed by atoms with Crippen molar-refractivity contribution in [3.05, 3.63) is 12.4 Å². The van der Waals surface area contributed by atoms with E-state index < -0.39 is 0 Å². The van der Waals surface area contributed by atoms with Gasteiger partial charge in [0.05, 0.1) is 0 Å². The summed E-state index contributed by atoms with van der Waals surface area (Å²) in [6.07, 6.45) is 5.24. The highest BCUT2D eigenvalue weighted by molar-refractivity contribution is 5.49. The molecule has 1 aromatic rings. The summed E-state index contributed by atoms with van der Waals surface area (Å²) in [5.74, 6) is 1.97. The Morgan fingerprint density at radius 3 is 3.11 bits per heavy atom. The van der Waals surface area contributed by atoms with E-state index in [1.807, 2.05) is 7.05 Å². The van der Waals surface area contributed by atoms with E-state index in [0.29, 0.717) is 6.04 Å². The molecule has 0 spiro atoms. The summed E-state index contributed by atoms with van der Waals surface area (Å²) < 4.78 is 0. The average molecular weight is 249 g/mol. The topological polar surface area (TPSA) is 53.1 Å². The van der Waals surface area contributed by atoms with E-state index in [4.69, 9.17) is 0 Å². The number of aromatic nitrogens is 2. The van der Waals surface area contributed by atoms with Gasteiger partial charge >= 0.3 is 0 Å². The Kier molecular flexibility index (Phi) is 4.75. The Balaban J connectivity index is 2.07. The molecule has 1 aromatic heterocycles. The molecule has 2 rings (SSSR count). The van der Waals surface area contributed by atoms with Gasteiger partial charge in [-0.25, -0.2) is 9.97 Å². The molecule has 0 saturated carbocycles. The predicted molar refractivity (Wildman–Crippen MR) is 75.1 cm³/mol. The minimum atomic E-state index is 0.559. The fourth-order valence-corrected chi connectivity index (χ4v) is 2.44. The Morgan fingerprint density at radius 1 is 1.44 bits per heavy atom. The van der Waals surface area contributed by atoms with Crippen molar-refractivity contribution in [3.63, 3.8) is 0 Å². The maximum atomic E-state index is 4.41. The summed E-state index contributed by atoms with van der Waals surface area (Å²) in [5, 5.41) is 6.57. The number of likely N-dealkylation sites (N-methyl/N-ethyl adjacent to an activating group) is 1. The molecular formula is C13H23N5. The molecule has 5 nitrogen and oxygen atoms in total. The number of rotatable bonds is 6. The quantitative estimate of drug-likeness (QED) is 0.800. The number of hydrogen-bond acceptors (Lipinski definition) is 5. The van der Waals surface area contributed by atoms with Crippen molar-refractivity contribution in [3.8, 4) is 0 Å². The van der Waals surface area contributed by atoms with Gasteiger partial charge in [-0.3, -0.25) is 0 Å². The maximum Gasteiger partial charge on any atom is 0.134 e. The molecule has 0 aromatic carbocycles. The molecule has 0 radical (unpaired) electrons. The number of hydrogen-bond donors (Lipinski definition) is 2. The van der Waals surface area contributed by atoms with E-state index in [-0.39, 0.29) is 0 Å². The van der Waals surface area contributed by atoms with Crippen LogP contribution in [0.2, 0.25) is 0 Å². The van der Waals surface area contributed by atoms with Crippen LogP contribution >= 0.6 is 0 Å². The number of nitrogens with zero attached hydrogens (tertiary/aromatic N) is 3. The van der Waals surface area contributed by atoms with Crippen molar-refractivity contribution < 1.29 is 0 Å². The lowest BCUT2D eigenvalue weighted by molar-refractivity contribution is 0.611. The molecule has 1 saturated heterocycles. The third-order valence-electron chi connectivity index (χ3n) is 3.32. The van der Waals surface area contributed by atoms with Gasteiger partial charge in [-0.1, -0.05) is 6.92 Å². The molecule has 1 unspecified atom stereocenters. The average Bonchev–Trinajstić information content (AvgIpc) is 2.85. The lowest BCUT2D eigenvalue weighted by atomic mass is 10.2. The van der Waals surface area contributed by atoms with Gasteiger partial charge in [-0.05, 0) is 26.3 Å². The molecule has 5 heteroatoms. The summed E-state index contributed by atoms with van der Waals surface area (Å²) in [6, 6.07) is 2.62. The number of nitrogens with one attached hydrogen (secondary N) is 2. The van der Waals surface area contributed by atoms with E-state index >= 15 is 0 Å². The zero-order chi connectivity index (χ0) is 12.8. The molecule has 1 aliphatic heterocycles. The van der Waals surface area contributed by atoms with Crippen LogP contribution in [0.15, 0.2) is 12.4 Å². The first-order chi connectivity index (χ1) is 8.85. The summed E-state index contributed by atoms with van der Waals surface area (Å²) in [5.41, 5.74) is 0. The third-order valence-corrected chi connectivity index (χ3v) is 3.32. The third kappa shape index (κ3) is 3.10. The fraction of sp³-hybridized carbons (Fsp3) is 0.692. The van der Waals surface area contributed by atoms with Gasteiger partial charge in [0.15, 0.2) is 0 Å². The van der Waals surface area contributed by atoms with E-state index in [9.17, 15) is 0 Å². The predicted octanol–water partition coefficient (Wildman–Crippen LogP) is 1.49. The molecule has 0 bridgehead atoms. The summed E-state index contributed by atoms with van der Waals surface area (Å²) in [6.45, 7) is 5.22. The van der Waals surface area contributed by atoms with Crippen LogP contribution in [0.5, 0.6) is 0 Å². The van der Waals surface area contributed by atoms with Gasteiger partial charge in [-0.2, -0.15) is 0 Å². The molecule has 0 aliphatic carbocycles. The van der Waals surface area contributed by atoms with Gasteiger partial charge in [0, 0.05) is 31.7 Å². The molecule has 0 amide bonds. The van der Waals surface area contributed by atoms with Crippen molar-refractivity contribution in [2.24, 2.45) is 0 Å². The maximum absolute atomic E-state index is 4.41. The monoisotopic (exact) mass is 249 g/mol. The minimum absolute atomic E-state index is 0.559. The van der Waals surface area contributed by atoms with Crippen molar-refractivity contribution in [1.82, 2.24) is 15.3 Å². The Morgan fingerprint density at radius 2 is 2.33 bits per heavy atom. The van der Waals surface area contributed by atoms with E-state index in [0.717, 1.165) is 37.7 Å². The van der Waals surface area contributed by atoms with Crippen molar-refractivity contribution in [2.45, 2.75) is 32.2 Å². The molecule has 18 heavy (non-hydrogen) atoms. The lowest BCUT2D eigenvalue weighted by Crippen LogP contribution is -2.37. The first-order valence-electron chi connectivity index (χ1n) is 6.82. The smallest absolute Gasteiger partial charge is 0.134 e. The second kappa shape index (κ2) is 6.54. The Bertz CT molecular complexity index is 368. The molecule has 2 heterocycles. The highest BCUT2D eigenvalue weighted by Gasteiger charge is 2.25.